The third-order valence-electron chi connectivity index (χ3n) is 3.96. The van der Waals surface area contributed by atoms with Crippen molar-refractivity contribution < 1.29 is 14.2 Å². The fourth-order valence-corrected chi connectivity index (χ4v) is 3.07. The highest BCUT2D eigenvalue weighted by molar-refractivity contribution is 5.50. The van der Waals surface area contributed by atoms with Crippen molar-refractivity contribution in [3.8, 4) is 5.75 Å². The molecular formula is C18H19FO2. The van der Waals surface area contributed by atoms with Crippen molar-refractivity contribution in [2.24, 2.45) is 0 Å². The Morgan fingerprint density at radius 2 is 1.90 bits per heavy atom. The Morgan fingerprint density at radius 1 is 1.14 bits per heavy atom. The van der Waals surface area contributed by atoms with Crippen LogP contribution in [0.3, 0.4) is 0 Å². The van der Waals surface area contributed by atoms with Crippen LogP contribution in [0.15, 0.2) is 42.5 Å². The molecule has 1 aliphatic rings. The van der Waals surface area contributed by atoms with Gasteiger partial charge in [0.05, 0.1) is 6.10 Å². The van der Waals surface area contributed by atoms with Crippen molar-refractivity contribution in [1.29, 1.82) is 0 Å². The van der Waals surface area contributed by atoms with E-state index >= 15 is 0 Å². The Hall–Kier alpha value is -1.87. The molecule has 110 valence electrons. The number of hydrogen-bond acceptors (Lipinski definition) is 2. The van der Waals surface area contributed by atoms with E-state index in [0.29, 0.717) is 18.6 Å². The molecule has 0 fully saturated rings. The molecule has 1 atom stereocenters. The van der Waals surface area contributed by atoms with Crippen LogP contribution in [-0.2, 0) is 12.0 Å². The van der Waals surface area contributed by atoms with Gasteiger partial charge in [-0.25, -0.2) is 4.39 Å². The van der Waals surface area contributed by atoms with Gasteiger partial charge in [0, 0.05) is 5.56 Å². The Kier molecular flexibility index (Phi) is 3.46. The molecule has 2 nitrogen and oxygen atoms in total. The van der Waals surface area contributed by atoms with Crippen LogP contribution in [-0.4, -0.2) is 11.2 Å². The lowest BCUT2D eigenvalue weighted by Gasteiger charge is -2.27. The molecule has 2 aromatic rings. The van der Waals surface area contributed by atoms with Gasteiger partial charge in [-0.15, -0.1) is 0 Å². The van der Waals surface area contributed by atoms with Crippen molar-refractivity contribution in [1.82, 2.24) is 0 Å². The topological polar surface area (TPSA) is 29.5 Å². The number of para-hydroxylation sites is 1. The zero-order valence-electron chi connectivity index (χ0n) is 12.3. The van der Waals surface area contributed by atoms with Gasteiger partial charge in [0.2, 0.25) is 0 Å². The summed E-state index contributed by atoms with van der Waals surface area (Å²) in [5.41, 5.74) is 1.30. The van der Waals surface area contributed by atoms with Gasteiger partial charge in [-0.05, 0) is 56.0 Å². The molecule has 0 radical (unpaired) electrons. The number of aliphatic hydroxyl groups is 1. The van der Waals surface area contributed by atoms with Crippen LogP contribution >= 0.6 is 0 Å². The number of halogens is 1. The Balaban J connectivity index is 2.10. The van der Waals surface area contributed by atoms with Crippen LogP contribution < -0.4 is 4.74 Å². The Bertz CT molecular complexity index is 666. The molecule has 0 aliphatic heterocycles. The van der Waals surface area contributed by atoms with Gasteiger partial charge in [0.25, 0.3) is 0 Å². The van der Waals surface area contributed by atoms with E-state index in [2.05, 4.69) is 0 Å². The maximum absolute atomic E-state index is 13.4. The first-order valence-corrected chi connectivity index (χ1v) is 7.28. The zero-order chi connectivity index (χ0) is 15.0. The molecule has 3 heteroatoms. The predicted octanol–water partition coefficient (Wildman–Crippen LogP) is 3.80. The largest absolute Gasteiger partial charge is 0.491 e. The van der Waals surface area contributed by atoms with Gasteiger partial charge < -0.3 is 9.84 Å². The fourth-order valence-electron chi connectivity index (χ4n) is 3.07. The highest BCUT2D eigenvalue weighted by Gasteiger charge is 2.40. The van der Waals surface area contributed by atoms with Crippen molar-refractivity contribution >= 4 is 0 Å². The molecule has 3 rings (SSSR count). The van der Waals surface area contributed by atoms with Crippen LogP contribution in [0, 0.1) is 5.82 Å². The van der Waals surface area contributed by atoms with Crippen molar-refractivity contribution in [2.75, 3.05) is 0 Å². The third-order valence-corrected chi connectivity index (χ3v) is 3.96. The molecule has 21 heavy (non-hydrogen) atoms. The summed E-state index contributed by atoms with van der Waals surface area (Å²) >= 11 is 0. The van der Waals surface area contributed by atoms with E-state index in [1.807, 2.05) is 38.1 Å². The van der Waals surface area contributed by atoms with Crippen LogP contribution in [0.5, 0.6) is 5.75 Å². The minimum Gasteiger partial charge on any atom is -0.491 e. The van der Waals surface area contributed by atoms with E-state index in [9.17, 15) is 9.50 Å². The summed E-state index contributed by atoms with van der Waals surface area (Å²) in [6, 6.07) is 12.1. The first-order valence-electron chi connectivity index (χ1n) is 7.28. The summed E-state index contributed by atoms with van der Waals surface area (Å²) in [5.74, 6) is 0.428. The maximum Gasteiger partial charge on any atom is 0.126 e. The molecule has 2 aromatic carbocycles. The lowest BCUT2D eigenvalue weighted by Crippen LogP contribution is -2.25. The van der Waals surface area contributed by atoms with Gasteiger partial charge in [-0.1, -0.05) is 24.3 Å². The van der Waals surface area contributed by atoms with Crippen LogP contribution in [0.4, 0.5) is 4.39 Å². The average molecular weight is 286 g/mol. The summed E-state index contributed by atoms with van der Waals surface area (Å²) in [4.78, 5) is 0. The molecular weight excluding hydrogens is 267 g/mol. The molecule has 1 unspecified atom stereocenters. The average Bonchev–Trinajstić information content (AvgIpc) is 2.76. The monoisotopic (exact) mass is 286 g/mol. The lowest BCUT2D eigenvalue weighted by molar-refractivity contribution is 0.0774. The quantitative estimate of drug-likeness (QED) is 0.930. The molecule has 0 amide bonds. The lowest BCUT2D eigenvalue weighted by atomic mass is 9.87. The Labute approximate surface area is 124 Å². The predicted molar refractivity (Wildman–Crippen MR) is 79.9 cm³/mol. The van der Waals surface area contributed by atoms with Crippen molar-refractivity contribution in [3.05, 3.63) is 65.0 Å². The summed E-state index contributed by atoms with van der Waals surface area (Å²) in [5, 5.41) is 11.2. The van der Waals surface area contributed by atoms with Crippen LogP contribution in [0.1, 0.15) is 37.0 Å². The van der Waals surface area contributed by atoms with Crippen LogP contribution in [0.25, 0.3) is 0 Å². The first-order chi connectivity index (χ1) is 10.0. The fraction of sp³-hybridized carbons (Fsp3) is 0.333. The SMILES string of the molecule is CC(C)Oc1ccccc1C1(O)CCc2cc(F)ccc21. The number of ether oxygens (including phenoxy) is 1. The maximum atomic E-state index is 13.4. The highest BCUT2D eigenvalue weighted by atomic mass is 19.1. The van der Waals surface area contributed by atoms with Gasteiger partial charge in [-0.2, -0.15) is 0 Å². The van der Waals surface area contributed by atoms with Crippen LogP contribution in [0.2, 0.25) is 0 Å². The molecule has 1 N–H and O–H groups in total. The second-order valence-electron chi connectivity index (χ2n) is 5.82. The highest BCUT2D eigenvalue weighted by Crippen LogP contribution is 2.45. The van der Waals surface area contributed by atoms with Crippen molar-refractivity contribution in [2.45, 2.75) is 38.4 Å². The number of fused-ring (bicyclic) bond motifs is 1. The van der Waals surface area contributed by atoms with Gasteiger partial charge in [-0.3, -0.25) is 0 Å². The molecule has 0 heterocycles. The molecule has 0 spiro atoms. The van der Waals surface area contributed by atoms with E-state index in [1.165, 1.54) is 12.1 Å². The smallest absolute Gasteiger partial charge is 0.126 e. The van der Waals surface area contributed by atoms with E-state index in [0.717, 1.165) is 16.7 Å². The minimum atomic E-state index is -1.10. The number of aryl methyl sites for hydroxylation is 1. The van der Waals surface area contributed by atoms with Crippen molar-refractivity contribution in [3.63, 3.8) is 0 Å². The molecule has 0 aromatic heterocycles. The Morgan fingerprint density at radius 3 is 2.67 bits per heavy atom. The second kappa shape index (κ2) is 5.15. The first kappa shape index (κ1) is 14.1. The summed E-state index contributed by atoms with van der Waals surface area (Å²) < 4.78 is 19.2. The second-order valence-corrected chi connectivity index (χ2v) is 5.82. The third kappa shape index (κ3) is 2.42. The van der Waals surface area contributed by atoms with E-state index < -0.39 is 5.60 Å². The number of benzene rings is 2. The number of hydrogen-bond donors (Lipinski definition) is 1. The summed E-state index contributed by atoms with van der Waals surface area (Å²) in [6.07, 6.45) is 1.24. The number of rotatable bonds is 3. The normalized spacial score (nSPS) is 20.6. The minimum absolute atomic E-state index is 0.0313. The summed E-state index contributed by atoms with van der Waals surface area (Å²) in [6.45, 7) is 3.91. The molecule has 1 aliphatic carbocycles. The van der Waals surface area contributed by atoms with E-state index in [4.69, 9.17) is 4.74 Å². The van der Waals surface area contributed by atoms with Gasteiger partial charge in [0.15, 0.2) is 0 Å². The zero-order valence-corrected chi connectivity index (χ0v) is 12.3. The van der Waals surface area contributed by atoms with Gasteiger partial charge >= 0.3 is 0 Å². The summed E-state index contributed by atoms with van der Waals surface area (Å²) in [7, 11) is 0. The van der Waals surface area contributed by atoms with E-state index in [-0.39, 0.29) is 11.9 Å². The molecule has 0 bridgehead atoms. The molecule has 0 saturated heterocycles. The van der Waals surface area contributed by atoms with Gasteiger partial charge in [0.1, 0.15) is 17.2 Å². The van der Waals surface area contributed by atoms with E-state index in [1.54, 1.807) is 6.07 Å². The standard InChI is InChI=1S/C18H19FO2/c1-12(2)21-17-6-4-3-5-16(17)18(20)10-9-13-11-14(19)7-8-15(13)18/h3-8,11-12,20H,9-10H2,1-2H3. The molecule has 0 saturated carbocycles.